The molecule has 1 aromatic carbocycles. The normalized spacial score (nSPS) is 10.9. The van der Waals surface area contributed by atoms with Crippen LogP contribution in [0.3, 0.4) is 0 Å². The monoisotopic (exact) mass is 227 g/mol. The average Bonchev–Trinajstić information content (AvgIpc) is 2.92. The summed E-state index contributed by atoms with van der Waals surface area (Å²) in [4.78, 5) is 7.60. The molecular weight excluding hydrogens is 214 g/mol. The van der Waals surface area contributed by atoms with Crippen LogP contribution in [0.4, 0.5) is 5.82 Å². The zero-order valence-electron chi connectivity index (χ0n) is 9.70. The van der Waals surface area contributed by atoms with Gasteiger partial charge in [-0.25, -0.2) is 4.98 Å². The summed E-state index contributed by atoms with van der Waals surface area (Å²) in [6.45, 7) is 1.95. The first-order valence-corrected chi connectivity index (χ1v) is 5.46. The van der Waals surface area contributed by atoms with Gasteiger partial charge in [-0.2, -0.15) is 5.10 Å². The summed E-state index contributed by atoms with van der Waals surface area (Å²) in [5.74, 6) is 1.76. The van der Waals surface area contributed by atoms with Crippen molar-refractivity contribution in [3.63, 3.8) is 0 Å². The summed E-state index contributed by atoms with van der Waals surface area (Å²) >= 11 is 0. The molecule has 3 rings (SSSR count). The zero-order valence-corrected chi connectivity index (χ0v) is 9.70. The fraction of sp³-hybridized carbons (Fsp3) is 0.167. The Morgan fingerprint density at radius 3 is 2.88 bits per heavy atom. The Hall–Kier alpha value is -2.30. The molecule has 0 saturated carbocycles. The van der Waals surface area contributed by atoms with Crippen molar-refractivity contribution >= 4 is 16.9 Å². The summed E-state index contributed by atoms with van der Waals surface area (Å²) in [6.07, 6.45) is 0. The van der Waals surface area contributed by atoms with Crippen molar-refractivity contribution < 1.29 is 0 Å². The number of fused-ring (bicyclic) bond motifs is 1. The smallest absolute Gasteiger partial charge is 0.148 e. The van der Waals surface area contributed by atoms with E-state index in [0.29, 0.717) is 0 Å². The Kier molecular flexibility index (Phi) is 2.11. The summed E-state index contributed by atoms with van der Waals surface area (Å²) in [7, 11) is 1.85. The first-order valence-electron chi connectivity index (χ1n) is 5.46. The lowest BCUT2D eigenvalue weighted by Crippen LogP contribution is -1.85. The van der Waals surface area contributed by atoms with E-state index in [2.05, 4.69) is 31.5 Å². The number of rotatable bonds is 2. The molecule has 0 fully saturated rings. The number of imidazole rings is 1. The molecular formula is C12H13N5. The Labute approximate surface area is 98.3 Å². The molecule has 0 spiro atoms. The Bertz CT molecular complexity index is 664. The van der Waals surface area contributed by atoms with Crippen LogP contribution in [-0.4, -0.2) is 27.2 Å². The average molecular weight is 227 g/mol. The molecule has 5 nitrogen and oxygen atoms in total. The van der Waals surface area contributed by atoms with E-state index in [-0.39, 0.29) is 0 Å². The molecule has 0 atom stereocenters. The van der Waals surface area contributed by atoms with Crippen molar-refractivity contribution in [2.24, 2.45) is 0 Å². The zero-order chi connectivity index (χ0) is 11.8. The van der Waals surface area contributed by atoms with Crippen molar-refractivity contribution in [3.05, 3.63) is 30.1 Å². The van der Waals surface area contributed by atoms with Crippen LogP contribution >= 0.6 is 0 Å². The highest BCUT2D eigenvalue weighted by Crippen LogP contribution is 2.23. The molecule has 0 aliphatic heterocycles. The van der Waals surface area contributed by atoms with Gasteiger partial charge >= 0.3 is 0 Å². The van der Waals surface area contributed by atoms with Gasteiger partial charge in [-0.15, -0.1) is 0 Å². The number of H-pyrrole nitrogens is 2. The summed E-state index contributed by atoms with van der Waals surface area (Å²) in [5.41, 5.74) is 4.11. The molecule has 3 aromatic rings. The SMILES string of the molecule is CNc1cc(-c2ccc3nc(C)[nH]c3c2)[nH]n1. The molecule has 0 aliphatic rings. The van der Waals surface area contributed by atoms with Gasteiger partial charge in [-0.05, 0) is 19.1 Å². The van der Waals surface area contributed by atoms with Crippen LogP contribution in [0.1, 0.15) is 5.82 Å². The number of nitrogens with one attached hydrogen (secondary N) is 3. The number of aromatic nitrogens is 4. The van der Waals surface area contributed by atoms with E-state index in [4.69, 9.17) is 0 Å². The van der Waals surface area contributed by atoms with Gasteiger partial charge in [0, 0.05) is 18.7 Å². The van der Waals surface area contributed by atoms with Crippen molar-refractivity contribution in [3.8, 4) is 11.3 Å². The van der Waals surface area contributed by atoms with E-state index in [1.807, 2.05) is 32.2 Å². The summed E-state index contributed by atoms with van der Waals surface area (Å²) < 4.78 is 0. The predicted molar refractivity (Wildman–Crippen MR) is 68.0 cm³/mol. The number of nitrogens with zero attached hydrogens (tertiary/aromatic N) is 2. The lowest BCUT2D eigenvalue weighted by Gasteiger charge is -1.96. The second kappa shape index (κ2) is 3.62. The van der Waals surface area contributed by atoms with Crippen LogP contribution in [0.15, 0.2) is 24.3 Å². The standard InChI is InChI=1S/C12H13N5/c1-7-14-9-4-3-8(5-11(9)15-7)10-6-12(13-2)17-16-10/h3-6H,1-2H3,(H,14,15)(H2,13,16,17). The first kappa shape index (κ1) is 9.89. The molecule has 0 radical (unpaired) electrons. The molecule has 5 heteroatoms. The van der Waals surface area contributed by atoms with E-state index in [9.17, 15) is 0 Å². The Morgan fingerprint density at radius 2 is 2.12 bits per heavy atom. The molecule has 0 unspecified atom stereocenters. The van der Waals surface area contributed by atoms with Crippen molar-refractivity contribution in [2.45, 2.75) is 6.92 Å². The molecule has 0 bridgehead atoms. The van der Waals surface area contributed by atoms with Gasteiger partial charge in [0.2, 0.25) is 0 Å². The first-order chi connectivity index (χ1) is 8.26. The fourth-order valence-electron chi connectivity index (χ4n) is 1.90. The highest BCUT2D eigenvalue weighted by atomic mass is 15.2. The quantitative estimate of drug-likeness (QED) is 0.629. The molecule has 86 valence electrons. The van der Waals surface area contributed by atoms with Crippen LogP contribution in [0.2, 0.25) is 0 Å². The number of anilines is 1. The van der Waals surface area contributed by atoms with Crippen LogP contribution in [0.5, 0.6) is 0 Å². The van der Waals surface area contributed by atoms with Gasteiger partial charge < -0.3 is 10.3 Å². The van der Waals surface area contributed by atoms with Gasteiger partial charge in [0.15, 0.2) is 0 Å². The van der Waals surface area contributed by atoms with Crippen molar-refractivity contribution in [1.29, 1.82) is 0 Å². The largest absolute Gasteiger partial charge is 0.372 e. The lowest BCUT2D eigenvalue weighted by molar-refractivity contribution is 1.09. The highest BCUT2D eigenvalue weighted by Gasteiger charge is 2.05. The molecule has 0 saturated heterocycles. The number of aromatic amines is 2. The van der Waals surface area contributed by atoms with Gasteiger partial charge in [-0.1, -0.05) is 6.07 Å². The second-order valence-corrected chi connectivity index (χ2v) is 3.97. The molecule has 2 heterocycles. The lowest BCUT2D eigenvalue weighted by atomic mass is 10.1. The molecule has 2 aromatic heterocycles. The minimum Gasteiger partial charge on any atom is -0.372 e. The Balaban J connectivity index is 2.10. The van der Waals surface area contributed by atoms with Gasteiger partial charge in [0.1, 0.15) is 11.6 Å². The maximum absolute atomic E-state index is 4.38. The number of aryl methyl sites for hydroxylation is 1. The number of hydrogen-bond acceptors (Lipinski definition) is 3. The van der Waals surface area contributed by atoms with E-state index in [0.717, 1.165) is 33.9 Å². The maximum Gasteiger partial charge on any atom is 0.148 e. The van der Waals surface area contributed by atoms with Crippen molar-refractivity contribution in [2.75, 3.05) is 12.4 Å². The maximum atomic E-state index is 4.38. The number of benzene rings is 1. The van der Waals surface area contributed by atoms with Crippen molar-refractivity contribution in [1.82, 2.24) is 20.2 Å². The van der Waals surface area contributed by atoms with Gasteiger partial charge in [0.05, 0.1) is 16.7 Å². The minimum absolute atomic E-state index is 0.834. The molecule has 17 heavy (non-hydrogen) atoms. The third-order valence-corrected chi connectivity index (χ3v) is 2.75. The minimum atomic E-state index is 0.834. The van der Waals surface area contributed by atoms with E-state index in [1.54, 1.807) is 0 Å². The van der Waals surface area contributed by atoms with E-state index in [1.165, 1.54) is 0 Å². The van der Waals surface area contributed by atoms with Gasteiger partial charge in [0.25, 0.3) is 0 Å². The third kappa shape index (κ3) is 1.65. The van der Waals surface area contributed by atoms with E-state index >= 15 is 0 Å². The number of hydrogen-bond donors (Lipinski definition) is 3. The summed E-state index contributed by atoms with van der Waals surface area (Å²) in [5, 5.41) is 10.1. The molecule has 3 N–H and O–H groups in total. The fourth-order valence-corrected chi connectivity index (χ4v) is 1.90. The Morgan fingerprint density at radius 1 is 1.24 bits per heavy atom. The molecule has 0 aliphatic carbocycles. The van der Waals surface area contributed by atoms with Crippen LogP contribution in [-0.2, 0) is 0 Å². The van der Waals surface area contributed by atoms with Crippen LogP contribution < -0.4 is 5.32 Å². The third-order valence-electron chi connectivity index (χ3n) is 2.75. The topological polar surface area (TPSA) is 69.4 Å². The highest BCUT2D eigenvalue weighted by molar-refractivity contribution is 5.81. The summed E-state index contributed by atoms with van der Waals surface area (Å²) in [6, 6.07) is 8.09. The van der Waals surface area contributed by atoms with Gasteiger partial charge in [-0.3, -0.25) is 5.10 Å². The van der Waals surface area contributed by atoms with Crippen LogP contribution in [0, 0.1) is 6.92 Å². The molecule has 0 amide bonds. The van der Waals surface area contributed by atoms with Crippen LogP contribution in [0.25, 0.3) is 22.3 Å². The second-order valence-electron chi connectivity index (χ2n) is 3.97. The predicted octanol–water partition coefficient (Wildman–Crippen LogP) is 2.30. The van der Waals surface area contributed by atoms with E-state index < -0.39 is 0 Å².